The Morgan fingerprint density at radius 3 is 2.68 bits per heavy atom. The van der Waals surface area contributed by atoms with Crippen molar-refractivity contribution in [1.82, 2.24) is 24.7 Å². The van der Waals surface area contributed by atoms with Crippen LogP contribution in [0.4, 0.5) is 21.8 Å². The van der Waals surface area contributed by atoms with Crippen molar-refractivity contribution in [3.05, 3.63) is 78.3 Å². The van der Waals surface area contributed by atoms with E-state index in [0.29, 0.717) is 24.2 Å². The Morgan fingerprint density at radius 1 is 1.16 bits per heavy atom. The quantitative estimate of drug-likeness (QED) is 0.467. The zero-order chi connectivity index (χ0) is 21.8. The standard InChI is InChI=1S/C22H22FN7O/c1-14(15-3-5-17(23)6-4-15)21-18(16-10-27-30(12-16)13-31-2)9-19(29-22(21)24)28-20-11-25-7-8-26-20/h3-12,14H,13H2,1-2H3,(H3,24,26,28,29). The molecule has 0 aliphatic heterocycles. The van der Waals surface area contributed by atoms with E-state index in [9.17, 15) is 4.39 Å². The Bertz CT molecular complexity index is 1160. The maximum Gasteiger partial charge on any atom is 0.150 e. The van der Waals surface area contributed by atoms with Crippen molar-refractivity contribution >= 4 is 17.5 Å². The van der Waals surface area contributed by atoms with Crippen molar-refractivity contribution in [3.8, 4) is 11.1 Å². The molecule has 31 heavy (non-hydrogen) atoms. The van der Waals surface area contributed by atoms with Gasteiger partial charge in [0.15, 0.2) is 0 Å². The smallest absolute Gasteiger partial charge is 0.150 e. The van der Waals surface area contributed by atoms with Crippen molar-refractivity contribution in [1.29, 1.82) is 0 Å². The number of pyridine rings is 1. The molecule has 0 saturated carbocycles. The molecule has 3 N–H and O–H groups in total. The van der Waals surface area contributed by atoms with Crippen LogP contribution in [0.1, 0.15) is 24.0 Å². The summed E-state index contributed by atoms with van der Waals surface area (Å²) in [5.74, 6) is 1.03. The zero-order valence-corrected chi connectivity index (χ0v) is 17.2. The molecule has 158 valence electrons. The highest BCUT2D eigenvalue weighted by Crippen LogP contribution is 2.38. The minimum Gasteiger partial charge on any atom is -0.383 e. The first-order valence-electron chi connectivity index (χ1n) is 9.66. The number of hydrogen-bond donors (Lipinski definition) is 2. The van der Waals surface area contributed by atoms with Gasteiger partial charge in [0.1, 0.15) is 30.0 Å². The summed E-state index contributed by atoms with van der Waals surface area (Å²) in [5.41, 5.74) is 9.90. The van der Waals surface area contributed by atoms with Gasteiger partial charge in [-0.05, 0) is 29.3 Å². The number of hydrogen-bond acceptors (Lipinski definition) is 7. The Hall–Kier alpha value is -3.85. The molecule has 0 aliphatic carbocycles. The number of rotatable bonds is 7. The van der Waals surface area contributed by atoms with Crippen molar-refractivity contribution in [2.24, 2.45) is 0 Å². The topological polar surface area (TPSA) is 104 Å². The van der Waals surface area contributed by atoms with Crippen LogP contribution in [0.25, 0.3) is 11.1 Å². The molecule has 3 aromatic heterocycles. The summed E-state index contributed by atoms with van der Waals surface area (Å²) in [6.07, 6.45) is 8.41. The highest BCUT2D eigenvalue weighted by atomic mass is 19.1. The minimum absolute atomic E-state index is 0.126. The molecule has 4 rings (SSSR count). The lowest BCUT2D eigenvalue weighted by molar-refractivity contribution is 0.120. The molecule has 1 unspecified atom stereocenters. The number of nitrogens with one attached hydrogen (secondary N) is 1. The maximum absolute atomic E-state index is 13.4. The van der Waals surface area contributed by atoms with Crippen molar-refractivity contribution in [2.45, 2.75) is 19.6 Å². The van der Waals surface area contributed by atoms with Gasteiger partial charge in [0.25, 0.3) is 0 Å². The molecule has 1 aromatic carbocycles. The molecule has 0 saturated heterocycles. The van der Waals surface area contributed by atoms with E-state index in [4.69, 9.17) is 10.5 Å². The van der Waals surface area contributed by atoms with Gasteiger partial charge in [0.2, 0.25) is 0 Å². The minimum atomic E-state index is -0.286. The third-order valence-electron chi connectivity index (χ3n) is 4.92. The first kappa shape index (κ1) is 20.4. The summed E-state index contributed by atoms with van der Waals surface area (Å²) in [6.45, 7) is 2.34. The molecular weight excluding hydrogens is 397 g/mol. The average Bonchev–Trinajstić information content (AvgIpc) is 3.23. The summed E-state index contributed by atoms with van der Waals surface area (Å²) >= 11 is 0. The number of nitrogens with zero attached hydrogens (tertiary/aromatic N) is 5. The van der Waals surface area contributed by atoms with Gasteiger partial charge in [-0.2, -0.15) is 5.10 Å². The molecule has 0 bridgehead atoms. The van der Waals surface area contributed by atoms with Gasteiger partial charge in [-0.1, -0.05) is 19.1 Å². The number of ether oxygens (including phenoxy) is 1. The third kappa shape index (κ3) is 4.51. The summed E-state index contributed by atoms with van der Waals surface area (Å²) in [6, 6.07) is 8.28. The molecule has 0 aliphatic rings. The van der Waals surface area contributed by atoms with Gasteiger partial charge >= 0.3 is 0 Å². The average molecular weight is 419 g/mol. The first-order valence-corrected chi connectivity index (χ1v) is 9.66. The molecule has 8 nitrogen and oxygen atoms in total. The molecule has 4 aromatic rings. The Balaban J connectivity index is 1.81. The summed E-state index contributed by atoms with van der Waals surface area (Å²) in [7, 11) is 1.61. The van der Waals surface area contributed by atoms with E-state index in [2.05, 4.69) is 25.4 Å². The predicted molar refractivity (Wildman–Crippen MR) is 116 cm³/mol. The van der Waals surface area contributed by atoms with E-state index in [1.54, 1.807) is 48.7 Å². The van der Waals surface area contributed by atoms with Crippen molar-refractivity contribution in [3.63, 3.8) is 0 Å². The lowest BCUT2D eigenvalue weighted by Crippen LogP contribution is -2.08. The lowest BCUT2D eigenvalue weighted by atomic mass is 9.88. The number of anilines is 3. The number of halogens is 1. The molecular formula is C22H22FN7O. The third-order valence-corrected chi connectivity index (χ3v) is 4.92. The van der Waals surface area contributed by atoms with Crippen LogP contribution >= 0.6 is 0 Å². The molecule has 0 fully saturated rings. The second kappa shape index (κ2) is 8.88. The van der Waals surface area contributed by atoms with Crippen LogP contribution in [0.2, 0.25) is 0 Å². The normalized spacial score (nSPS) is 12.0. The monoisotopic (exact) mass is 419 g/mol. The number of methoxy groups -OCH3 is 1. The largest absolute Gasteiger partial charge is 0.383 e. The Morgan fingerprint density at radius 2 is 1.97 bits per heavy atom. The highest BCUT2D eigenvalue weighted by Gasteiger charge is 2.21. The van der Waals surface area contributed by atoms with Gasteiger partial charge in [0.05, 0.1) is 12.4 Å². The summed E-state index contributed by atoms with van der Waals surface area (Å²) < 4.78 is 20.3. The molecule has 1 atom stereocenters. The van der Waals surface area contributed by atoms with Crippen molar-refractivity contribution < 1.29 is 9.13 Å². The van der Waals surface area contributed by atoms with Crippen LogP contribution in [0.5, 0.6) is 0 Å². The van der Waals surface area contributed by atoms with E-state index in [1.165, 1.54) is 12.1 Å². The first-order chi connectivity index (χ1) is 15.0. The van der Waals surface area contributed by atoms with Crippen molar-refractivity contribution in [2.75, 3.05) is 18.2 Å². The van der Waals surface area contributed by atoms with E-state index in [0.717, 1.165) is 22.3 Å². The molecule has 3 heterocycles. The van der Waals surface area contributed by atoms with Crippen LogP contribution in [0.15, 0.2) is 61.3 Å². The molecule has 0 spiro atoms. The van der Waals surface area contributed by atoms with E-state index < -0.39 is 0 Å². The van der Waals surface area contributed by atoms with E-state index >= 15 is 0 Å². The SMILES string of the molecule is COCn1cc(-c2cc(Nc3cnccn3)nc(N)c2C(C)c2ccc(F)cc2)cn1. The van der Waals surface area contributed by atoms with Gasteiger partial charge in [-0.25, -0.2) is 19.0 Å². The van der Waals surface area contributed by atoms with Gasteiger partial charge in [-0.3, -0.25) is 4.98 Å². The van der Waals surface area contributed by atoms with Gasteiger partial charge < -0.3 is 15.8 Å². The van der Waals surface area contributed by atoms with Gasteiger partial charge in [0, 0.05) is 42.7 Å². The fraction of sp³-hybridized carbons (Fsp3) is 0.182. The second-order valence-electron chi connectivity index (χ2n) is 7.03. The fourth-order valence-electron chi connectivity index (χ4n) is 3.45. The van der Waals surface area contributed by atoms with Crippen LogP contribution in [0.3, 0.4) is 0 Å². The van der Waals surface area contributed by atoms with Crippen LogP contribution in [-0.4, -0.2) is 31.8 Å². The number of benzene rings is 1. The molecule has 0 radical (unpaired) electrons. The number of nitrogen functional groups attached to an aromatic ring is 1. The molecule has 0 amide bonds. The summed E-state index contributed by atoms with van der Waals surface area (Å²) in [4.78, 5) is 12.8. The van der Waals surface area contributed by atoms with Crippen LogP contribution in [0, 0.1) is 5.82 Å². The highest BCUT2D eigenvalue weighted by molar-refractivity contribution is 5.76. The maximum atomic E-state index is 13.4. The predicted octanol–water partition coefficient (Wildman–Crippen LogP) is 3.96. The Kier molecular flexibility index (Phi) is 5.85. The Labute approximate surface area is 178 Å². The van der Waals surface area contributed by atoms with E-state index in [1.807, 2.05) is 19.2 Å². The zero-order valence-electron chi connectivity index (χ0n) is 17.2. The van der Waals surface area contributed by atoms with Crippen LogP contribution < -0.4 is 11.1 Å². The van der Waals surface area contributed by atoms with Gasteiger partial charge in [-0.15, -0.1) is 0 Å². The lowest BCUT2D eigenvalue weighted by Gasteiger charge is -2.20. The van der Waals surface area contributed by atoms with E-state index in [-0.39, 0.29) is 11.7 Å². The second-order valence-corrected chi connectivity index (χ2v) is 7.03. The number of aromatic nitrogens is 5. The number of nitrogens with two attached hydrogens (primary N) is 1. The molecule has 9 heteroatoms. The van der Waals surface area contributed by atoms with Crippen LogP contribution in [-0.2, 0) is 11.5 Å². The fourth-order valence-corrected chi connectivity index (χ4v) is 3.45. The summed E-state index contributed by atoms with van der Waals surface area (Å²) in [5, 5.41) is 7.48.